The molecule has 3 rings (SSSR count). The predicted molar refractivity (Wildman–Crippen MR) is 73.8 cm³/mol. The van der Waals surface area contributed by atoms with Gasteiger partial charge in [0.15, 0.2) is 0 Å². The maximum atomic E-state index is 8.91. The molecule has 1 saturated heterocycles. The minimum absolute atomic E-state index is 0.217. The van der Waals surface area contributed by atoms with Crippen molar-refractivity contribution in [3.63, 3.8) is 0 Å². The van der Waals surface area contributed by atoms with Gasteiger partial charge in [0.1, 0.15) is 0 Å². The van der Waals surface area contributed by atoms with E-state index in [0.29, 0.717) is 5.92 Å². The highest BCUT2D eigenvalue weighted by atomic mass is 15.2. The molecule has 0 atom stereocenters. The molecule has 2 fully saturated rings. The zero-order valence-electron chi connectivity index (χ0n) is 11.3. The summed E-state index contributed by atoms with van der Waals surface area (Å²) < 4.78 is 0. The lowest BCUT2D eigenvalue weighted by Gasteiger charge is -2.29. The first-order valence-electron chi connectivity index (χ1n) is 7.33. The molecule has 2 heterocycles. The number of anilines is 1. The van der Waals surface area contributed by atoms with Crippen LogP contribution in [0.5, 0.6) is 0 Å². The Morgan fingerprint density at radius 3 is 2.26 bits per heavy atom. The number of hydrogen-bond acceptors (Lipinski definition) is 4. The van der Waals surface area contributed by atoms with E-state index in [1.54, 1.807) is 0 Å². The third kappa shape index (κ3) is 2.70. The van der Waals surface area contributed by atoms with Gasteiger partial charge in [-0.15, -0.1) is 0 Å². The largest absolute Gasteiger partial charge is 0.341 e. The third-order valence-corrected chi connectivity index (χ3v) is 4.45. The molecule has 0 aromatic carbocycles. The van der Waals surface area contributed by atoms with Gasteiger partial charge >= 0.3 is 0 Å². The molecule has 4 heteroatoms. The number of rotatable bonds is 2. The van der Waals surface area contributed by atoms with E-state index in [1.165, 1.54) is 31.2 Å². The molecule has 1 aliphatic heterocycles. The fourth-order valence-corrected chi connectivity index (χ4v) is 3.17. The Bertz CT molecular complexity index is 448. The first-order chi connectivity index (χ1) is 9.36. The van der Waals surface area contributed by atoms with Crippen LogP contribution in [0.4, 0.5) is 5.95 Å². The standard InChI is InChI=1S/C15H20N4/c16-9-12-5-7-19(8-6-12)15-17-10-14(11-18-15)13-3-1-2-4-13/h10-13H,1-8H2. The van der Waals surface area contributed by atoms with E-state index in [9.17, 15) is 0 Å². The Morgan fingerprint density at radius 1 is 1.05 bits per heavy atom. The minimum atomic E-state index is 0.217. The van der Waals surface area contributed by atoms with Crippen LogP contribution in [0.3, 0.4) is 0 Å². The molecule has 0 radical (unpaired) electrons. The highest BCUT2D eigenvalue weighted by Gasteiger charge is 2.21. The van der Waals surface area contributed by atoms with Gasteiger partial charge in [0.05, 0.1) is 6.07 Å². The second-order valence-corrected chi connectivity index (χ2v) is 5.69. The van der Waals surface area contributed by atoms with E-state index >= 15 is 0 Å². The van der Waals surface area contributed by atoms with Crippen molar-refractivity contribution in [1.82, 2.24) is 9.97 Å². The Balaban J connectivity index is 1.64. The summed E-state index contributed by atoms with van der Waals surface area (Å²) in [7, 11) is 0. The van der Waals surface area contributed by atoms with Gasteiger partial charge in [-0.25, -0.2) is 9.97 Å². The molecule has 19 heavy (non-hydrogen) atoms. The molecule has 4 nitrogen and oxygen atoms in total. The predicted octanol–water partition coefficient (Wildman–Crippen LogP) is 2.87. The molecule has 1 saturated carbocycles. The molecule has 1 aromatic heterocycles. The fraction of sp³-hybridized carbons (Fsp3) is 0.667. The first-order valence-corrected chi connectivity index (χ1v) is 7.33. The summed E-state index contributed by atoms with van der Waals surface area (Å²) in [6.07, 6.45) is 11.1. The average Bonchev–Trinajstić information content (AvgIpc) is 3.02. The van der Waals surface area contributed by atoms with Gasteiger partial charge in [-0.3, -0.25) is 0 Å². The van der Waals surface area contributed by atoms with Crippen molar-refractivity contribution in [2.75, 3.05) is 18.0 Å². The summed E-state index contributed by atoms with van der Waals surface area (Å²) in [5.74, 6) is 1.73. The van der Waals surface area contributed by atoms with Crippen molar-refractivity contribution in [2.45, 2.75) is 44.4 Å². The normalized spacial score (nSPS) is 21.5. The SMILES string of the molecule is N#CC1CCN(c2ncc(C3CCCC3)cn2)CC1. The monoisotopic (exact) mass is 256 g/mol. The van der Waals surface area contributed by atoms with Crippen LogP contribution in [-0.4, -0.2) is 23.1 Å². The number of hydrogen-bond donors (Lipinski definition) is 0. The van der Waals surface area contributed by atoms with Gasteiger partial charge in [-0.2, -0.15) is 5.26 Å². The molecule has 100 valence electrons. The first kappa shape index (κ1) is 12.4. The summed E-state index contributed by atoms with van der Waals surface area (Å²) in [5, 5.41) is 8.91. The molecule has 0 bridgehead atoms. The smallest absolute Gasteiger partial charge is 0.225 e. The zero-order chi connectivity index (χ0) is 13.1. The number of nitriles is 1. The van der Waals surface area contributed by atoms with E-state index in [1.807, 2.05) is 12.4 Å². The maximum absolute atomic E-state index is 8.91. The summed E-state index contributed by atoms with van der Waals surface area (Å²) in [5.41, 5.74) is 1.30. The topological polar surface area (TPSA) is 52.8 Å². The average molecular weight is 256 g/mol. The van der Waals surface area contributed by atoms with Crippen LogP contribution < -0.4 is 4.90 Å². The van der Waals surface area contributed by atoms with Crippen molar-refractivity contribution < 1.29 is 0 Å². The van der Waals surface area contributed by atoms with Gasteiger partial charge < -0.3 is 4.90 Å². The maximum Gasteiger partial charge on any atom is 0.225 e. The third-order valence-electron chi connectivity index (χ3n) is 4.45. The molecule has 1 aromatic rings. The molecular weight excluding hydrogens is 236 g/mol. The van der Waals surface area contributed by atoms with Crippen molar-refractivity contribution >= 4 is 5.95 Å². The van der Waals surface area contributed by atoms with Crippen LogP contribution in [0.25, 0.3) is 0 Å². The lowest BCUT2D eigenvalue weighted by molar-refractivity contribution is 0.482. The zero-order valence-corrected chi connectivity index (χ0v) is 11.3. The molecule has 1 aliphatic carbocycles. The van der Waals surface area contributed by atoms with Crippen LogP contribution in [0, 0.1) is 17.2 Å². The van der Waals surface area contributed by atoms with Crippen LogP contribution in [-0.2, 0) is 0 Å². The van der Waals surface area contributed by atoms with E-state index in [0.717, 1.165) is 31.9 Å². The van der Waals surface area contributed by atoms with Crippen molar-refractivity contribution in [2.24, 2.45) is 5.92 Å². The van der Waals surface area contributed by atoms with Crippen molar-refractivity contribution in [3.8, 4) is 6.07 Å². The van der Waals surface area contributed by atoms with E-state index in [2.05, 4.69) is 20.9 Å². The summed E-state index contributed by atoms with van der Waals surface area (Å²) in [6.45, 7) is 1.81. The van der Waals surface area contributed by atoms with Crippen molar-refractivity contribution in [1.29, 1.82) is 5.26 Å². The van der Waals surface area contributed by atoms with E-state index < -0.39 is 0 Å². The second-order valence-electron chi connectivity index (χ2n) is 5.69. The number of piperidine rings is 1. The Labute approximate surface area is 114 Å². The summed E-state index contributed by atoms with van der Waals surface area (Å²) >= 11 is 0. The van der Waals surface area contributed by atoms with Gasteiger partial charge in [0, 0.05) is 31.4 Å². The van der Waals surface area contributed by atoms with Gasteiger partial charge in [-0.05, 0) is 37.2 Å². The molecular formula is C15H20N4. The summed E-state index contributed by atoms with van der Waals surface area (Å²) in [4.78, 5) is 11.3. The van der Waals surface area contributed by atoms with Crippen LogP contribution in [0.2, 0.25) is 0 Å². The quantitative estimate of drug-likeness (QED) is 0.816. The molecule has 0 unspecified atom stereocenters. The van der Waals surface area contributed by atoms with Gasteiger partial charge in [0.2, 0.25) is 5.95 Å². The highest BCUT2D eigenvalue weighted by Crippen LogP contribution is 2.33. The fourth-order valence-electron chi connectivity index (χ4n) is 3.17. The van der Waals surface area contributed by atoms with Gasteiger partial charge in [-0.1, -0.05) is 12.8 Å². The minimum Gasteiger partial charge on any atom is -0.341 e. The molecule has 0 N–H and O–H groups in total. The lowest BCUT2D eigenvalue weighted by atomic mass is 9.99. The lowest BCUT2D eigenvalue weighted by Crippen LogP contribution is -2.34. The Kier molecular flexibility index (Phi) is 3.63. The molecule has 0 spiro atoms. The summed E-state index contributed by atoms with van der Waals surface area (Å²) in [6, 6.07) is 2.35. The van der Waals surface area contributed by atoms with Crippen LogP contribution in [0.15, 0.2) is 12.4 Å². The molecule has 2 aliphatic rings. The van der Waals surface area contributed by atoms with Crippen molar-refractivity contribution in [3.05, 3.63) is 18.0 Å². The number of aromatic nitrogens is 2. The highest BCUT2D eigenvalue weighted by molar-refractivity contribution is 5.31. The molecule has 0 amide bonds. The van der Waals surface area contributed by atoms with Crippen LogP contribution in [0.1, 0.15) is 50.0 Å². The Hall–Kier alpha value is -1.63. The van der Waals surface area contributed by atoms with E-state index in [-0.39, 0.29) is 5.92 Å². The van der Waals surface area contributed by atoms with E-state index in [4.69, 9.17) is 5.26 Å². The second kappa shape index (κ2) is 5.56. The Morgan fingerprint density at radius 2 is 1.68 bits per heavy atom. The van der Waals surface area contributed by atoms with Crippen LogP contribution >= 0.6 is 0 Å². The van der Waals surface area contributed by atoms with Gasteiger partial charge in [0.25, 0.3) is 0 Å². The number of nitrogens with zero attached hydrogens (tertiary/aromatic N) is 4.